The third-order valence-electron chi connectivity index (χ3n) is 6.71. The van der Waals surface area contributed by atoms with Crippen molar-refractivity contribution >= 4 is 23.2 Å². The molecule has 2 amide bonds. The number of ether oxygens (including phenoxy) is 2. The highest BCUT2D eigenvalue weighted by Crippen LogP contribution is 2.37. The Balaban J connectivity index is 1.16. The van der Waals surface area contributed by atoms with Crippen molar-refractivity contribution in [3.05, 3.63) is 71.1 Å². The van der Waals surface area contributed by atoms with Gasteiger partial charge in [0.2, 0.25) is 5.91 Å². The van der Waals surface area contributed by atoms with E-state index in [1.807, 2.05) is 65.6 Å². The first-order chi connectivity index (χ1) is 17.1. The van der Waals surface area contributed by atoms with Crippen LogP contribution in [0.4, 0.5) is 0 Å². The third-order valence-corrected chi connectivity index (χ3v) is 7.84. The first kappa shape index (κ1) is 23.4. The number of rotatable bonds is 6. The van der Waals surface area contributed by atoms with E-state index in [1.54, 1.807) is 0 Å². The molecule has 6 nitrogen and oxygen atoms in total. The van der Waals surface area contributed by atoms with Crippen LogP contribution in [0.15, 0.2) is 60.7 Å². The van der Waals surface area contributed by atoms with Crippen molar-refractivity contribution in [1.29, 1.82) is 0 Å². The van der Waals surface area contributed by atoms with E-state index in [-0.39, 0.29) is 23.8 Å². The SMILES string of the molecule is CCC(C(=O)N1CCC(NC(=O)c2ccc(-c3ccc4c(c3)OCCO4)s2)CC1)c1ccccc1. The van der Waals surface area contributed by atoms with Crippen LogP contribution in [0.3, 0.4) is 0 Å². The quantitative estimate of drug-likeness (QED) is 0.522. The van der Waals surface area contributed by atoms with Crippen LogP contribution in [0, 0.1) is 0 Å². The van der Waals surface area contributed by atoms with Crippen LogP contribution in [-0.4, -0.2) is 49.1 Å². The lowest BCUT2D eigenvalue weighted by Crippen LogP contribution is -2.47. The number of benzene rings is 2. The number of nitrogens with zero attached hydrogens (tertiary/aromatic N) is 1. The Labute approximate surface area is 209 Å². The number of thiophene rings is 1. The minimum Gasteiger partial charge on any atom is -0.486 e. The molecule has 3 heterocycles. The molecule has 2 aliphatic rings. The van der Waals surface area contributed by atoms with Crippen molar-refractivity contribution in [3.8, 4) is 21.9 Å². The van der Waals surface area contributed by atoms with Gasteiger partial charge in [-0.05, 0) is 60.7 Å². The highest BCUT2D eigenvalue weighted by Gasteiger charge is 2.29. The monoisotopic (exact) mass is 490 g/mol. The van der Waals surface area contributed by atoms with Crippen LogP contribution in [0.1, 0.15) is 47.3 Å². The Morgan fingerprint density at radius 3 is 2.49 bits per heavy atom. The summed E-state index contributed by atoms with van der Waals surface area (Å²) in [6.45, 7) is 4.50. The van der Waals surface area contributed by atoms with Gasteiger partial charge in [0, 0.05) is 24.0 Å². The fourth-order valence-electron chi connectivity index (χ4n) is 4.77. The summed E-state index contributed by atoms with van der Waals surface area (Å²) in [6.07, 6.45) is 2.32. The summed E-state index contributed by atoms with van der Waals surface area (Å²) in [7, 11) is 0. The number of carbonyl (C=O) groups is 2. The first-order valence-corrected chi connectivity index (χ1v) is 13.1. The molecule has 1 unspecified atom stereocenters. The largest absolute Gasteiger partial charge is 0.486 e. The van der Waals surface area contributed by atoms with Gasteiger partial charge in [0.15, 0.2) is 11.5 Å². The highest BCUT2D eigenvalue weighted by atomic mass is 32.1. The number of hydrogen-bond donors (Lipinski definition) is 1. The lowest BCUT2D eigenvalue weighted by Gasteiger charge is -2.34. The van der Waals surface area contributed by atoms with Gasteiger partial charge in [0.1, 0.15) is 13.2 Å². The van der Waals surface area contributed by atoms with Crippen LogP contribution in [0.2, 0.25) is 0 Å². The van der Waals surface area contributed by atoms with Gasteiger partial charge < -0.3 is 19.7 Å². The Bertz CT molecular complexity index is 1180. The molecule has 0 aliphatic carbocycles. The predicted octanol–water partition coefficient (Wildman–Crippen LogP) is 5.10. The lowest BCUT2D eigenvalue weighted by molar-refractivity contribution is -0.134. The van der Waals surface area contributed by atoms with Crippen molar-refractivity contribution in [2.75, 3.05) is 26.3 Å². The molecule has 0 radical (unpaired) electrons. The lowest BCUT2D eigenvalue weighted by atomic mass is 9.93. The van der Waals surface area contributed by atoms with E-state index >= 15 is 0 Å². The molecule has 7 heteroatoms. The average molecular weight is 491 g/mol. The van der Waals surface area contributed by atoms with Gasteiger partial charge in [0.05, 0.1) is 10.8 Å². The summed E-state index contributed by atoms with van der Waals surface area (Å²) in [5, 5.41) is 3.17. The van der Waals surface area contributed by atoms with Gasteiger partial charge in [-0.15, -0.1) is 11.3 Å². The number of piperidine rings is 1. The molecule has 2 aromatic carbocycles. The van der Waals surface area contributed by atoms with Crippen LogP contribution < -0.4 is 14.8 Å². The van der Waals surface area contributed by atoms with Gasteiger partial charge >= 0.3 is 0 Å². The standard InChI is InChI=1S/C28H30N2O4S/c1-2-22(19-6-4-3-5-7-19)28(32)30-14-12-21(13-15-30)29-27(31)26-11-10-25(35-26)20-8-9-23-24(18-20)34-17-16-33-23/h3-11,18,21-22H,2,12-17H2,1H3,(H,29,31). The maximum atomic E-state index is 13.1. The summed E-state index contributed by atoms with van der Waals surface area (Å²) in [5.41, 5.74) is 2.08. The molecular formula is C28H30N2O4S. The molecule has 2 aliphatic heterocycles. The van der Waals surface area contributed by atoms with Gasteiger partial charge in [0.25, 0.3) is 5.91 Å². The second-order valence-corrected chi connectivity index (χ2v) is 10.1. The van der Waals surface area contributed by atoms with E-state index in [2.05, 4.69) is 12.2 Å². The summed E-state index contributed by atoms with van der Waals surface area (Å²) < 4.78 is 11.3. The van der Waals surface area contributed by atoms with E-state index in [1.165, 1.54) is 11.3 Å². The smallest absolute Gasteiger partial charge is 0.261 e. The molecule has 0 spiro atoms. The number of hydrogen-bond acceptors (Lipinski definition) is 5. The topological polar surface area (TPSA) is 67.9 Å². The first-order valence-electron chi connectivity index (χ1n) is 12.3. The van der Waals surface area contributed by atoms with Gasteiger partial charge in [-0.3, -0.25) is 9.59 Å². The molecule has 3 aromatic rings. The average Bonchev–Trinajstić information content (AvgIpc) is 3.41. The molecule has 0 bridgehead atoms. The van der Waals surface area contributed by atoms with Crippen molar-refractivity contribution in [2.45, 2.75) is 38.1 Å². The van der Waals surface area contributed by atoms with Crippen molar-refractivity contribution < 1.29 is 19.1 Å². The number of fused-ring (bicyclic) bond motifs is 1. The third kappa shape index (κ3) is 5.20. The molecule has 1 N–H and O–H groups in total. The molecule has 1 aromatic heterocycles. The van der Waals surface area contributed by atoms with Crippen molar-refractivity contribution in [2.24, 2.45) is 0 Å². The Morgan fingerprint density at radius 1 is 1.00 bits per heavy atom. The predicted molar refractivity (Wildman–Crippen MR) is 137 cm³/mol. The normalized spacial score (nSPS) is 16.5. The molecule has 5 rings (SSSR count). The van der Waals surface area contributed by atoms with Crippen LogP contribution in [0.5, 0.6) is 11.5 Å². The van der Waals surface area contributed by atoms with E-state index < -0.39 is 0 Å². The molecule has 182 valence electrons. The molecule has 35 heavy (non-hydrogen) atoms. The van der Waals surface area contributed by atoms with Gasteiger partial charge in [-0.1, -0.05) is 37.3 Å². The van der Waals surface area contributed by atoms with Crippen LogP contribution >= 0.6 is 11.3 Å². The summed E-state index contributed by atoms with van der Waals surface area (Å²) in [6, 6.07) is 19.8. The molecule has 0 saturated carbocycles. The van der Waals surface area contributed by atoms with Crippen LogP contribution in [-0.2, 0) is 4.79 Å². The van der Waals surface area contributed by atoms with Crippen LogP contribution in [0.25, 0.3) is 10.4 Å². The fraction of sp³-hybridized carbons (Fsp3) is 0.357. The summed E-state index contributed by atoms with van der Waals surface area (Å²) in [5.74, 6) is 1.53. The van der Waals surface area contributed by atoms with E-state index in [0.717, 1.165) is 46.8 Å². The molecular weight excluding hydrogens is 460 g/mol. The summed E-state index contributed by atoms with van der Waals surface area (Å²) in [4.78, 5) is 29.7. The Hall–Kier alpha value is -3.32. The number of carbonyl (C=O) groups excluding carboxylic acids is 2. The highest BCUT2D eigenvalue weighted by molar-refractivity contribution is 7.17. The fourth-order valence-corrected chi connectivity index (χ4v) is 5.68. The maximum absolute atomic E-state index is 13.1. The van der Waals surface area contributed by atoms with E-state index in [0.29, 0.717) is 31.2 Å². The second kappa shape index (κ2) is 10.5. The minimum absolute atomic E-state index is 0.0562. The Kier molecular flexibility index (Phi) is 7.04. The number of likely N-dealkylation sites (tertiary alicyclic amines) is 1. The number of nitrogens with one attached hydrogen (secondary N) is 1. The molecule has 1 saturated heterocycles. The van der Waals surface area contributed by atoms with Crippen molar-refractivity contribution in [3.63, 3.8) is 0 Å². The maximum Gasteiger partial charge on any atom is 0.261 e. The molecule has 1 fully saturated rings. The second-order valence-electron chi connectivity index (χ2n) is 8.97. The van der Waals surface area contributed by atoms with E-state index in [9.17, 15) is 9.59 Å². The van der Waals surface area contributed by atoms with Gasteiger partial charge in [-0.25, -0.2) is 0 Å². The zero-order chi connectivity index (χ0) is 24.2. The Morgan fingerprint density at radius 2 is 1.74 bits per heavy atom. The summed E-state index contributed by atoms with van der Waals surface area (Å²) >= 11 is 1.47. The minimum atomic E-state index is -0.104. The zero-order valence-corrected chi connectivity index (χ0v) is 20.7. The zero-order valence-electron chi connectivity index (χ0n) is 19.9. The number of amides is 2. The van der Waals surface area contributed by atoms with E-state index in [4.69, 9.17) is 9.47 Å². The molecule has 1 atom stereocenters. The van der Waals surface area contributed by atoms with Gasteiger partial charge in [-0.2, -0.15) is 0 Å². The van der Waals surface area contributed by atoms with Crippen molar-refractivity contribution in [1.82, 2.24) is 10.2 Å².